The molecule has 0 nitrogen and oxygen atoms in total. The summed E-state index contributed by atoms with van der Waals surface area (Å²) in [5, 5.41) is 0. The molecule has 0 bridgehead atoms. The molecule has 0 fully saturated rings. The summed E-state index contributed by atoms with van der Waals surface area (Å²) in [7, 11) is 0. The number of unbranched alkanes of at least 4 members (excludes halogenated alkanes) is 1. The van der Waals surface area contributed by atoms with Crippen molar-refractivity contribution < 1.29 is 0 Å². The van der Waals surface area contributed by atoms with Gasteiger partial charge in [-0.05, 0) is 56.4 Å². The van der Waals surface area contributed by atoms with Gasteiger partial charge in [-0.2, -0.15) is 0 Å². The molecule has 1 atom stereocenters. The molecule has 0 saturated heterocycles. The summed E-state index contributed by atoms with van der Waals surface area (Å²) in [4.78, 5) is 0. The zero-order valence-electron chi connectivity index (χ0n) is 11.9. The molecule has 1 aliphatic rings. The Kier molecular flexibility index (Phi) is 4.63. The average Bonchev–Trinajstić information content (AvgIpc) is 2.36. The first-order valence-electron chi connectivity index (χ1n) is 7.38. The Morgan fingerprint density at radius 2 is 1.89 bits per heavy atom. The van der Waals surface area contributed by atoms with Crippen LogP contribution in [0.4, 0.5) is 0 Å². The van der Waals surface area contributed by atoms with Crippen LogP contribution in [0.5, 0.6) is 0 Å². The van der Waals surface area contributed by atoms with Crippen molar-refractivity contribution in [1.29, 1.82) is 0 Å². The van der Waals surface area contributed by atoms with Gasteiger partial charge in [0.05, 0.1) is 0 Å². The predicted octanol–water partition coefficient (Wildman–Crippen LogP) is 5.54. The van der Waals surface area contributed by atoms with E-state index in [-0.39, 0.29) is 0 Å². The summed E-state index contributed by atoms with van der Waals surface area (Å²) in [6.07, 6.45) is 11.8. The number of allylic oxidation sites excluding steroid dienone is 2. The maximum Gasteiger partial charge on any atom is -0.0269 e. The van der Waals surface area contributed by atoms with Gasteiger partial charge in [-0.25, -0.2) is 0 Å². The van der Waals surface area contributed by atoms with E-state index < -0.39 is 0 Å². The summed E-state index contributed by atoms with van der Waals surface area (Å²) in [6.45, 7) is 4.77. The minimum absolute atomic E-state index is 0.579. The molecule has 18 heavy (non-hydrogen) atoms. The van der Waals surface area contributed by atoms with Gasteiger partial charge in [-0.3, -0.25) is 0 Å². The fourth-order valence-electron chi connectivity index (χ4n) is 3.24. The molecule has 2 rings (SSSR count). The van der Waals surface area contributed by atoms with Gasteiger partial charge in [-0.15, -0.1) is 0 Å². The van der Waals surface area contributed by atoms with Crippen molar-refractivity contribution in [2.24, 2.45) is 5.41 Å². The Morgan fingerprint density at radius 1 is 1.11 bits per heavy atom. The lowest BCUT2D eigenvalue weighted by atomic mass is 9.72. The van der Waals surface area contributed by atoms with Crippen molar-refractivity contribution in [1.82, 2.24) is 0 Å². The molecule has 0 heterocycles. The third kappa shape index (κ3) is 4.01. The Hall–Kier alpha value is -1.04. The molecular weight excluding hydrogens is 216 g/mol. The van der Waals surface area contributed by atoms with E-state index in [1.54, 1.807) is 5.57 Å². The first-order valence-corrected chi connectivity index (χ1v) is 7.38. The molecule has 0 heteroatoms. The third-order valence-corrected chi connectivity index (χ3v) is 4.28. The molecule has 0 spiro atoms. The normalized spacial score (nSPS) is 23.8. The minimum atomic E-state index is 0.579. The molecule has 0 aliphatic heterocycles. The van der Waals surface area contributed by atoms with Gasteiger partial charge in [0.2, 0.25) is 0 Å². The summed E-state index contributed by atoms with van der Waals surface area (Å²) in [5.41, 5.74) is 3.67. The number of rotatable bonds is 5. The summed E-state index contributed by atoms with van der Waals surface area (Å²) in [6, 6.07) is 10.9. The lowest BCUT2D eigenvalue weighted by molar-refractivity contribution is 0.251. The highest BCUT2D eigenvalue weighted by molar-refractivity contribution is 5.14. The lowest BCUT2D eigenvalue weighted by Crippen LogP contribution is -2.19. The predicted molar refractivity (Wildman–Crippen MR) is 79.7 cm³/mol. The van der Waals surface area contributed by atoms with Gasteiger partial charge >= 0.3 is 0 Å². The molecule has 0 aromatic heterocycles. The molecule has 1 aliphatic carbocycles. The Morgan fingerprint density at radius 3 is 2.61 bits per heavy atom. The van der Waals surface area contributed by atoms with E-state index in [0.29, 0.717) is 5.41 Å². The molecule has 1 aromatic rings. The van der Waals surface area contributed by atoms with Crippen LogP contribution >= 0.6 is 0 Å². The number of aryl methyl sites for hydroxylation is 1. The summed E-state index contributed by atoms with van der Waals surface area (Å²) >= 11 is 0. The van der Waals surface area contributed by atoms with Gasteiger partial charge < -0.3 is 0 Å². The van der Waals surface area contributed by atoms with E-state index in [0.717, 1.165) is 0 Å². The van der Waals surface area contributed by atoms with E-state index in [1.165, 1.54) is 50.5 Å². The Labute approximate surface area is 112 Å². The number of hydrogen-bond donors (Lipinski definition) is 0. The fourth-order valence-corrected chi connectivity index (χ4v) is 3.24. The first kappa shape index (κ1) is 13.4. The zero-order valence-corrected chi connectivity index (χ0v) is 11.9. The van der Waals surface area contributed by atoms with Crippen LogP contribution in [0, 0.1) is 5.41 Å². The van der Waals surface area contributed by atoms with Crippen LogP contribution in [-0.4, -0.2) is 0 Å². The van der Waals surface area contributed by atoms with Crippen LogP contribution < -0.4 is 0 Å². The highest BCUT2D eigenvalue weighted by Gasteiger charge is 2.25. The lowest BCUT2D eigenvalue weighted by Gasteiger charge is -2.33. The van der Waals surface area contributed by atoms with Gasteiger partial charge in [0, 0.05) is 0 Å². The largest absolute Gasteiger partial charge is 0.0856 e. The van der Waals surface area contributed by atoms with E-state index in [4.69, 9.17) is 0 Å². The quantitative estimate of drug-likeness (QED) is 0.470. The second kappa shape index (κ2) is 6.22. The van der Waals surface area contributed by atoms with Gasteiger partial charge in [0.25, 0.3) is 0 Å². The SMILES string of the molecule is CC1=CCCC(C)(CCCCc2ccccc2)C1. The highest BCUT2D eigenvalue weighted by Crippen LogP contribution is 2.39. The van der Waals surface area contributed by atoms with Crippen molar-refractivity contribution in [3.05, 3.63) is 47.5 Å². The first-order chi connectivity index (χ1) is 8.68. The highest BCUT2D eigenvalue weighted by atomic mass is 14.3. The van der Waals surface area contributed by atoms with Crippen molar-refractivity contribution in [2.75, 3.05) is 0 Å². The molecule has 1 aromatic carbocycles. The molecule has 1 unspecified atom stereocenters. The van der Waals surface area contributed by atoms with E-state index in [2.05, 4.69) is 50.3 Å². The second-order valence-corrected chi connectivity index (χ2v) is 6.27. The second-order valence-electron chi connectivity index (χ2n) is 6.27. The van der Waals surface area contributed by atoms with Gasteiger partial charge in [0.15, 0.2) is 0 Å². The van der Waals surface area contributed by atoms with E-state index >= 15 is 0 Å². The maximum atomic E-state index is 2.48. The smallest absolute Gasteiger partial charge is 0.0269 e. The van der Waals surface area contributed by atoms with Crippen molar-refractivity contribution in [2.45, 2.75) is 58.8 Å². The van der Waals surface area contributed by atoms with Crippen LogP contribution in [0.2, 0.25) is 0 Å². The minimum Gasteiger partial charge on any atom is -0.0856 e. The molecule has 0 N–H and O–H groups in total. The molecular formula is C18H26. The van der Waals surface area contributed by atoms with Crippen LogP contribution in [0.15, 0.2) is 42.0 Å². The van der Waals surface area contributed by atoms with Crippen molar-refractivity contribution in [3.8, 4) is 0 Å². The molecule has 98 valence electrons. The Bertz CT molecular complexity index is 388. The van der Waals surface area contributed by atoms with Gasteiger partial charge in [-0.1, -0.05) is 55.3 Å². The monoisotopic (exact) mass is 242 g/mol. The van der Waals surface area contributed by atoms with Gasteiger partial charge in [0.1, 0.15) is 0 Å². The topological polar surface area (TPSA) is 0 Å². The number of hydrogen-bond acceptors (Lipinski definition) is 0. The maximum absolute atomic E-state index is 2.48. The third-order valence-electron chi connectivity index (χ3n) is 4.28. The van der Waals surface area contributed by atoms with Crippen molar-refractivity contribution >= 4 is 0 Å². The number of benzene rings is 1. The average molecular weight is 242 g/mol. The van der Waals surface area contributed by atoms with Crippen LogP contribution in [-0.2, 0) is 6.42 Å². The Balaban J connectivity index is 1.71. The van der Waals surface area contributed by atoms with Crippen LogP contribution in [0.3, 0.4) is 0 Å². The molecule has 0 radical (unpaired) electrons. The van der Waals surface area contributed by atoms with E-state index in [9.17, 15) is 0 Å². The molecule has 0 amide bonds. The van der Waals surface area contributed by atoms with E-state index in [1.807, 2.05) is 0 Å². The van der Waals surface area contributed by atoms with Crippen molar-refractivity contribution in [3.63, 3.8) is 0 Å². The zero-order chi connectivity index (χ0) is 12.8. The molecule has 0 saturated carbocycles. The summed E-state index contributed by atoms with van der Waals surface area (Å²) < 4.78 is 0. The standard InChI is InChI=1S/C18H26/c1-16-9-8-14-18(2,15-16)13-7-6-12-17-10-4-3-5-11-17/h3-5,9-11H,6-8,12-15H2,1-2H3. The van der Waals surface area contributed by atoms with Crippen LogP contribution in [0.25, 0.3) is 0 Å². The fraction of sp³-hybridized carbons (Fsp3) is 0.556. The van der Waals surface area contributed by atoms with Crippen LogP contribution in [0.1, 0.15) is 57.9 Å². The summed E-state index contributed by atoms with van der Waals surface area (Å²) in [5.74, 6) is 0.